The zero-order valence-electron chi connectivity index (χ0n) is 10.7. The van der Waals surface area contributed by atoms with E-state index in [1.54, 1.807) is 0 Å². The number of nitrogens with two attached hydrogens (primary N) is 1. The molecule has 0 spiro atoms. The Hall–Kier alpha value is -0.695. The van der Waals surface area contributed by atoms with Gasteiger partial charge in [0, 0.05) is 18.3 Å². The molecular formula is C12H20BNO5. The van der Waals surface area contributed by atoms with Gasteiger partial charge in [-0.25, -0.2) is 0 Å². The molecule has 6 nitrogen and oxygen atoms in total. The second kappa shape index (κ2) is 6.65. The highest BCUT2D eigenvalue weighted by Crippen LogP contribution is 2.40. The van der Waals surface area contributed by atoms with E-state index in [-0.39, 0.29) is 43.8 Å². The number of ether oxygens (including phenoxy) is 1. The second-order valence-electron chi connectivity index (χ2n) is 4.86. The monoisotopic (exact) mass is 269 g/mol. The zero-order chi connectivity index (χ0) is 13.8. The van der Waals surface area contributed by atoms with Crippen LogP contribution in [-0.2, 0) is 9.39 Å². The molecule has 3 atom stereocenters. The molecule has 0 aromatic rings. The van der Waals surface area contributed by atoms with Crippen molar-refractivity contribution in [1.29, 1.82) is 0 Å². The van der Waals surface area contributed by atoms with Crippen molar-refractivity contribution in [3.63, 3.8) is 0 Å². The van der Waals surface area contributed by atoms with Crippen molar-refractivity contribution >= 4 is 7.12 Å². The molecule has 1 heterocycles. The van der Waals surface area contributed by atoms with Gasteiger partial charge in [-0.15, -0.1) is 0 Å². The Labute approximate surface area is 112 Å². The van der Waals surface area contributed by atoms with E-state index >= 15 is 0 Å². The Bertz CT molecular complexity index is 358. The van der Waals surface area contributed by atoms with Gasteiger partial charge >= 0.3 is 7.12 Å². The highest BCUT2D eigenvalue weighted by Gasteiger charge is 2.47. The molecule has 0 saturated carbocycles. The molecular weight excluding hydrogens is 249 g/mol. The molecule has 1 fully saturated rings. The van der Waals surface area contributed by atoms with E-state index in [0.717, 1.165) is 5.57 Å². The summed E-state index contributed by atoms with van der Waals surface area (Å²) in [5.74, 6) is -0.580. The average Bonchev–Trinajstić information content (AvgIpc) is 2.77. The van der Waals surface area contributed by atoms with Crippen LogP contribution < -0.4 is 5.73 Å². The lowest BCUT2D eigenvalue weighted by molar-refractivity contribution is 0.0174. The number of aliphatic hydroxyl groups is 2. The van der Waals surface area contributed by atoms with Crippen molar-refractivity contribution in [2.45, 2.75) is 18.0 Å². The van der Waals surface area contributed by atoms with Gasteiger partial charge in [0.1, 0.15) is 0 Å². The summed E-state index contributed by atoms with van der Waals surface area (Å²) in [5.41, 5.74) is 6.54. The first-order valence-corrected chi connectivity index (χ1v) is 6.46. The molecule has 0 amide bonds. The van der Waals surface area contributed by atoms with Gasteiger partial charge in [0.15, 0.2) is 0 Å². The minimum atomic E-state index is -0.934. The quantitative estimate of drug-likeness (QED) is 0.446. The van der Waals surface area contributed by atoms with Crippen LogP contribution in [0.4, 0.5) is 0 Å². The number of allylic oxidation sites excluding steroid dienone is 2. The average molecular weight is 269 g/mol. The van der Waals surface area contributed by atoms with Crippen LogP contribution in [0.3, 0.4) is 0 Å². The zero-order valence-corrected chi connectivity index (χ0v) is 10.7. The van der Waals surface area contributed by atoms with Crippen LogP contribution in [0.2, 0.25) is 5.82 Å². The van der Waals surface area contributed by atoms with E-state index in [1.165, 1.54) is 0 Å². The fourth-order valence-corrected chi connectivity index (χ4v) is 2.44. The number of fused-ring (bicyclic) bond motifs is 1. The number of aliphatic hydroxyl groups excluding tert-OH is 2. The molecule has 2 aliphatic rings. The van der Waals surface area contributed by atoms with E-state index in [0.29, 0.717) is 6.54 Å². The van der Waals surface area contributed by atoms with Crippen molar-refractivity contribution in [2.24, 2.45) is 11.7 Å². The first-order chi connectivity index (χ1) is 9.21. The molecule has 2 rings (SSSR count). The van der Waals surface area contributed by atoms with E-state index in [4.69, 9.17) is 25.3 Å². The van der Waals surface area contributed by atoms with E-state index in [1.807, 2.05) is 18.2 Å². The maximum Gasteiger partial charge on any atom is 0.465 e. The van der Waals surface area contributed by atoms with Gasteiger partial charge in [0.2, 0.25) is 0 Å². The molecule has 106 valence electrons. The first kappa shape index (κ1) is 14.7. The van der Waals surface area contributed by atoms with Crippen molar-refractivity contribution in [2.75, 3.05) is 26.4 Å². The molecule has 3 unspecified atom stereocenters. The van der Waals surface area contributed by atoms with E-state index in [2.05, 4.69) is 0 Å². The summed E-state index contributed by atoms with van der Waals surface area (Å²) < 4.78 is 11.1. The minimum absolute atomic E-state index is 0.134. The minimum Gasteiger partial charge on any atom is -0.426 e. The summed E-state index contributed by atoms with van der Waals surface area (Å²) >= 11 is 0. The standard InChI is InChI=1S/C12H20BNO5/c14-4-11-9-2-1-3-10(12(9)13(17)19-11)18-7-8(5-15)6-16/h1-3,8,10-12,15-17H,4-7,14H2. The highest BCUT2D eigenvalue weighted by atomic mass is 16.5. The summed E-state index contributed by atoms with van der Waals surface area (Å²) in [6, 6.07) is 0. The number of hydrogen-bond donors (Lipinski definition) is 4. The molecule has 0 aromatic carbocycles. The van der Waals surface area contributed by atoms with Crippen LogP contribution in [0.1, 0.15) is 0 Å². The van der Waals surface area contributed by atoms with Crippen molar-refractivity contribution in [3.05, 3.63) is 23.8 Å². The highest BCUT2D eigenvalue weighted by molar-refractivity contribution is 6.47. The third-order valence-electron chi connectivity index (χ3n) is 3.57. The van der Waals surface area contributed by atoms with Crippen LogP contribution in [0.15, 0.2) is 23.8 Å². The SMILES string of the molecule is NCC1OB(O)C2C1=CC=CC2OCC(CO)CO. The Morgan fingerprint density at radius 3 is 2.79 bits per heavy atom. The lowest BCUT2D eigenvalue weighted by atomic mass is 9.66. The van der Waals surface area contributed by atoms with Crippen molar-refractivity contribution < 1.29 is 24.6 Å². The summed E-state index contributed by atoms with van der Waals surface area (Å²) in [6.07, 6.45) is 4.99. The van der Waals surface area contributed by atoms with Gasteiger partial charge in [0.05, 0.1) is 32.0 Å². The van der Waals surface area contributed by atoms with Crippen LogP contribution in [0.5, 0.6) is 0 Å². The molecule has 1 aliphatic carbocycles. The van der Waals surface area contributed by atoms with Gasteiger partial charge < -0.3 is 30.4 Å². The summed E-state index contributed by atoms with van der Waals surface area (Å²) in [6.45, 7) is 0.275. The fourth-order valence-electron chi connectivity index (χ4n) is 2.44. The molecule has 1 aliphatic heterocycles. The molecule has 0 radical (unpaired) electrons. The second-order valence-corrected chi connectivity index (χ2v) is 4.86. The predicted molar refractivity (Wildman–Crippen MR) is 70.3 cm³/mol. The van der Waals surface area contributed by atoms with Crippen LogP contribution >= 0.6 is 0 Å². The lowest BCUT2D eigenvalue weighted by Gasteiger charge is -2.26. The maximum atomic E-state index is 9.94. The molecule has 19 heavy (non-hydrogen) atoms. The predicted octanol–water partition coefficient (Wildman–Crippen LogP) is -1.32. The van der Waals surface area contributed by atoms with E-state index < -0.39 is 7.12 Å². The summed E-state index contributed by atoms with van der Waals surface area (Å²) in [7, 11) is -0.934. The fraction of sp³-hybridized carbons (Fsp3) is 0.667. The van der Waals surface area contributed by atoms with Crippen molar-refractivity contribution in [3.8, 4) is 0 Å². The molecule has 7 heteroatoms. The molecule has 0 bridgehead atoms. The van der Waals surface area contributed by atoms with Gasteiger partial charge in [0.25, 0.3) is 0 Å². The topological polar surface area (TPSA) is 105 Å². The number of rotatable bonds is 6. The Balaban J connectivity index is 2.00. The number of hydrogen-bond acceptors (Lipinski definition) is 6. The van der Waals surface area contributed by atoms with Crippen LogP contribution in [-0.4, -0.2) is 60.9 Å². The van der Waals surface area contributed by atoms with Gasteiger partial charge in [-0.2, -0.15) is 0 Å². The lowest BCUT2D eigenvalue weighted by Crippen LogP contribution is -2.32. The van der Waals surface area contributed by atoms with Gasteiger partial charge in [-0.3, -0.25) is 0 Å². The van der Waals surface area contributed by atoms with E-state index in [9.17, 15) is 5.02 Å². The van der Waals surface area contributed by atoms with Crippen LogP contribution in [0.25, 0.3) is 0 Å². The molecule has 5 N–H and O–H groups in total. The Morgan fingerprint density at radius 1 is 1.42 bits per heavy atom. The first-order valence-electron chi connectivity index (χ1n) is 6.46. The summed E-state index contributed by atoms with van der Waals surface area (Å²) in [5, 5.41) is 28.0. The third-order valence-corrected chi connectivity index (χ3v) is 3.57. The smallest absolute Gasteiger partial charge is 0.426 e. The Kier molecular flexibility index (Phi) is 5.15. The normalized spacial score (nSPS) is 29.8. The largest absolute Gasteiger partial charge is 0.465 e. The maximum absolute atomic E-state index is 9.94. The van der Waals surface area contributed by atoms with Gasteiger partial charge in [-0.05, 0) is 5.57 Å². The molecule has 1 saturated heterocycles. The Morgan fingerprint density at radius 2 is 2.16 bits per heavy atom. The van der Waals surface area contributed by atoms with Crippen LogP contribution in [0, 0.1) is 5.92 Å². The summed E-state index contributed by atoms with van der Waals surface area (Å²) in [4.78, 5) is 0. The van der Waals surface area contributed by atoms with Crippen molar-refractivity contribution in [1.82, 2.24) is 0 Å². The van der Waals surface area contributed by atoms with Gasteiger partial charge in [-0.1, -0.05) is 18.2 Å². The molecule has 0 aromatic heterocycles. The third kappa shape index (κ3) is 3.08.